The first-order chi connectivity index (χ1) is 40.0. The summed E-state index contributed by atoms with van der Waals surface area (Å²) in [7, 11) is 0. The SMILES string of the molecule is CC/C=C\C/C=C\C/C=C\CCCCCC(=O)OCC(COC(=O)CCCCCCCCCCCCCCCCCCCCCCCCCCCCCCCCCCCCC)OC(=O)CCCCCCC/C=C\C/C=C\CCCCC. The molecule has 81 heavy (non-hydrogen) atoms. The van der Waals surface area contributed by atoms with Gasteiger partial charge in [-0.05, 0) is 83.5 Å². The molecule has 0 heterocycles. The number of ether oxygens (including phenoxy) is 3. The third-order valence-corrected chi connectivity index (χ3v) is 16.0. The van der Waals surface area contributed by atoms with Crippen molar-refractivity contribution in [1.29, 1.82) is 0 Å². The fourth-order valence-corrected chi connectivity index (χ4v) is 10.7. The lowest BCUT2D eigenvalue weighted by molar-refractivity contribution is -0.167. The second kappa shape index (κ2) is 69.6. The van der Waals surface area contributed by atoms with Gasteiger partial charge in [0.2, 0.25) is 0 Å². The first kappa shape index (κ1) is 78.1. The molecule has 472 valence electrons. The third kappa shape index (κ3) is 67.8. The number of allylic oxidation sites excluding steroid dienone is 10. The van der Waals surface area contributed by atoms with Crippen LogP contribution >= 0.6 is 0 Å². The van der Waals surface area contributed by atoms with Crippen molar-refractivity contribution in [3.63, 3.8) is 0 Å². The van der Waals surface area contributed by atoms with E-state index >= 15 is 0 Å². The van der Waals surface area contributed by atoms with Crippen LogP contribution in [-0.4, -0.2) is 37.2 Å². The van der Waals surface area contributed by atoms with Gasteiger partial charge in [0.05, 0.1) is 0 Å². The maximum atomic E-state index is 12.9. The van der Waals surface area contributed by atoms with Crippen LogP contribution in [-0.2, 0) is 28.6 Å². The molecule has 0 aromatic carbocycles. The van der Waals surface area contributed by atoms with Crippen molar-refractivity contribution >= 4 is 17.9 Å². The van der Waals surface area contributed by atoms with Crippen LogP contribution in [0.2, 0.25) is 0 Å². The summed E-state index contributed by atoms with van der Waals surface area (Å²) in [4.78, 5) is 38.3. The van der Waals surface area contributed by atoms with Crippen molar-refractivity contribution in [2.45, 2.75) is 386 Å². The van der Waals surface area contributed by atoms with E-state index in [0.717, 1.165) is 109 Å². The minimum absolute atomic E-state index is 0.0866. The maximum absolute atomic E-state index is 12.9. The predicted octanol–water partition coefficient (Wildman–Crippen LogP) is 24.7. The molecule has 0 amide bonds. The molecule has 0 radical (unpaired) electrons. The highest BCUT2D eigenvalue weighted by Gasteiger charge is 2.19. The fourth-order valence-electron chi connectivity index (χ4n) is 10.7. The topological polar surface area (TPSA) is 78.9 Å². The number of unbranched alkanes of at least 4 members (excludes halogenated alkanes) is 45. The Hall–Kier alpha value is -2.89. The lowest BCUT2D eigenvalue weighted by Crippen LogP contribution is -2.30. The van der Waals surface area contributed by atoms with E-state index in [0.29, 0.717) is 19.3 Å². The Kier molecular flexibility index (Phi) is 67.1. The first-order valence-electron chi connectivity index (χ1n) is 35.8. The van der Waals surface area contributed by atoms with Gasteiger partial charge in [-0.15, -0.1) is 0 Å². The van der Waals surface area contributed by atoms with Crippen molar-refractivity contribution in [2.24, 2.45) is 0 Å². The van der Waals surface area contributed by atoms with Crippen LogP contribution in [0.15, 0.2) is 60.8 Å². The quantitative estimate of drug-likeness (QED) is 0.0261. The zero-order valence-corrected chi connectivity index (χ0v) is 54.3. The molecule has 0 saturated heterocycles. The van der Waals surface area contributed by atoms with E-state index in [2.05, 4.69) is 81.5 Å². The number of carbonyl (C=O) groups excluding carboxylic acids is 3. The Labute approximate surface area is 504 Å². The summed E-state index contributed by atoms with van der Waals surface area (Å²) in [5.74, 6) is -0.914. The Balaban J connectivity index is 4.06. The standard InChI is InChI=1S/C75H136O6/c1-4-7-10-13-16-19-22-25-27-28-29-30-31-32-33-34-35-36-37-38-39-40-41-42-43-44-45-46-48-50-53-56-59-62-65-68-74(77)80-71-72(70-79-73(76)67-64-61-58-55-52-49-24-21-18-15-12-9-6-3)81-75(78)69-66-63-60-57-54-51-47-26-23-20-17-14-11-8-5-2/h9,12,17-18,20-21,26,47,49,52,72H,4-8,10-11,13-16,19,22-25,27-46,48,50-51,53-71H2,1-3H3/b12-9-,20-17-,21-18-,47-26-,52-49-. The molecule has 0 aliphatic carbocycles. The van der Waals surface area contributed by atoms with Gasteiger partial charge in [-0.3, -0.25) is 14.4 Å². The van der Waals surface area contributed by atoms with E-state index in [4.69, 9.17) is 14.2 Å². The molecule has 1 unspecified atom stereocenters. The molecule has 0 aromatic rings. The molecule has 6 nitrogen and oxygen atoms in total. The van der Waals surface area contributed by atoms with Gasteiger partial charge in [0, 0.05) is 19.3 Å². The lowest BCUT2D eigenvalue weighted by Gasteiger charge is -2.18. The lowest BCUT2D eigenvalue weighted by atomic mass is 10.0. The van der Waals surface area contributed by atoms with Crippen molar-refractivity contribution in [3.8, 4) is 0 Å². The molecule has 1 atom stereocenters. The largest absolute Gasteiger partial charge is 0.462 e. The predicted molar refractivity (Wildman–Crippen MR) is 353 cm³/mol. The van der Waals surface area contributed by atoms with E-state index in [1.54, 1.807) is 0 Å². The number of rotatable bonds is 66. The monoisotopic (exact) mass is 1130 g/mol. The Bertz CT molecular complexity index is 1440. The second-order valence-corrected chi connectivity index (χ2v) is 24.1. The zero-order chi connectivity index (χ0) is 58.5. The average molecular weight is 1130 g/mol. The second-order valence-electron chi connectivity index (χ2n) is 24.1. The van der Waals surface area contributed by atoms with E-state index < -0.39 is 6.10 Å². The van der Waals surface area contributed by atoms with E-state index in [1.165, 1.54) is 231 Å². The Morgan fingerprint density at radius 3 is 0.790 bits per heavy atom. The van der Waals surface area contributed by atoms with Crippen LogP contribution in [0, 0.1) is 0 Å². The normalized spacial score (nSPS) is 12.4. The summed E-state index contributed by atoms with van der Waals surface area (Å²) in [5.41, 5.74) is 0. The van der Waals surface area contributed by atoms with Crippen molar-refractivity contribution in [3.05, 3.63) is 60.8 Å². The van der Waals surface area contributed by atoms with Gasteiger partial charge in [-0.2, -0.15) is 0 Å². The fraction of sp³-hybridized carbons (Fsp3) is 0.827. The summed E-state index contributed by atoms with van der Waals surface area (Å²) in [6.07, 6.45) is 90.0. The smallest absolute Gasteiger partial charge is 0.306 e. The number of hydrogen-bond donors (Lipinski definition) is 0. The molecule has 0 saturated carbocycles. The maximum Gasteiger partial charge on any atom is 0.306 e. The average Bonchev–Trinajstić information content (AvgIpc) is 3.46. The molecule has 0 N–H and O–H groups in total. The number of hydrogen-bond acceptors (Lipinski definition) is 6. The summed E-state index contributed by atoms with van der Waals surface area (Å²) < 4.78 is 16.9. The van der Waals surface area contributed by atoms with Gasteiger partial charge in [-0.1, -0.05) is 338 Å². The molecule has 0 rings (SSSR count). The van der Waals surface area contributed by atoms with Gasteiger partial charge in [0.25, 0.3) is 0 Å². The summed E-state index contributed by atoms with van der Waals surface area (Å²) in [5, 5.41) is 0. The van der Waals surface area contributed by atoms with Gasteiger partial charge >= 0.3 is 17.9 Å². The van der Waals surface area contributed by atoms with Crippen LogP contribution in [0.1, 0.15) is 380 Å². The minimum atomic E-state index is -0.793. The summed E-state index contributed by atoms with van der Waals surface area (Å²) in [6, 6.07) is 0. The van der Waals surface area contributed by atoms with Gasteiger partial charge in [0.15, 0.2) is 6.10 Å². The highest BCUT2D eigenvalue weighted by molar-refractivity contribution is 5.71. The van der Waals surface area contributed by atoms with Crippen LogP contribution in [0.4, 0.5) is 0 Å². The van der Waals surface area contributed by atoms with Crippen molar-refractivity contribution in [1.82, 2.24) is 0 Å². The summed E-state index contributed by atoms with van der Waals surface area (Å²) >= 11 is 0. The van der Waals surface area contributed by atoms with Crippen LogP contribution < -0.4 is 0 Å². The summed E-state index contributed by atoms with van der Waals surface area (Å²) in [6.45, 7) is 6.51. The van der Waals surface area contributed by atoms with E-state index in [9.17, 15) is 14.4 Å². The number of carbonyl (C=O) groups is 3. The van der Waals surface area contributed by atoms with Crippen molar-refractivity contribution in [2.75, 3.05) is 13.2 Å². The van der Waals surface area contributed by atoms with Gasteiger partial charge in [-0.25, -0.2) is 0 Å². The van der Waals surface area contributed by atoms with E-state index in [-0.39, 0.29) is 31.1 Å². The van der Waals surface area contributed by atoms with Crippen molar-refractivity contribution < 1.29 is 28.6 Å². The molecule has 0 aliphatic rings. The van der Waals surface area contributed by atoms with Crippen LogP contribution in [0.25, 0.3) is 0 Å². The van der Waals surface area contributed by atoms with Crippen LogP contribution in [0.5, 0.6) is 0 Å². The Morgan fingerprint density at radius 2 is 0.481 bits per heavy atom. The molecule has 0 aliphatic heterocycles. The van der Waals surface area contributed by atoms with Gasteiger partial charge < -0.3 is 14.2 Å². The first-order valence-corrected chi connectivity index (χ1v) is 35.8. The Morgan fingerprint density at radius 1 is 0.259 bits per heavy atom. The molecule has 0 bridgehead atoms. The third-order valence-electron chi connectivity index (χ3n) is 16.0. The highest BCUT2D eigenvalue weighted by Crippen LogP contribution is 2.19. The molecular weight excluding hydrogens is 997 g/mol. The molecule has 0 fully saturated rings. The number of esters is 3. The molecule has 0 aromatic heterocycles. The molecular formula is C75H136O6. The highest BCUT2D eigenvalue weighted by atomic mass is 16.6. The molecule has 6 heteroatoms. The molecule has 0 spiro atoms. The minimum Gasteiger partial charge on any atom is -0.462 e. The zero-order valence-electron chi connectivity index (χ0n) is 54.3. The van der Waals surface area contributed by atoms with Crippen LogP contribution in [0.3, 0.4) is 0 Å². The van der Waals surface area contributed by atoms with E-state index in [1.807, 2.05) is 0 Å². The van der Waals surface area contributed by atoms with Gasteiger partial charge in [0.1, 0.15) is 13.2 Å².